The number of hydrogen-bond acceptors (Lipinski definition) is 9. The second-order valence-electron chi connectivity index (χ2n) is 6.12. The zero-order valence-corrected chi connectivity index (χ0v) is 16.9. The van der Waals surface area contributed by atoms with E-state index in [1.165, 1.54) is 23.1 Å². The number of nitrogens with one attached hydrogen (secondary N) is 1. The maximum atomic E-state index is 12.2. The molecule has 3 aromatic rings. The molecular formula is C18H18N4O4S2. The van der Waals surface area contributed by atoms with E-state index in [1.54, 1.807) is 14.2 Å². The van der Waals surface area contributed by atoms with E-state index < -0.39 is 0 Å². The lowest BCUT2D eigenvalue weighted by molar-refractivity contribution is -0.113. The third kappa shape index (κ3) is 4.28. The predicted octanol–water partition coefficient (Wildman–Crippen LogP) is 3.82. The number of amides is 1. The SMILES string of the molecule is COc1ccc(OC)c(-c2csc(NC(=O)CSc3nnc(C4CC4)o3)n2)c1. The Kier molecular flexibility index (Phi) is 5.49. The average Bonchev–Trinajstić information content (AvgIpc) is 3.28. The van der Waals surface area contributed by atoms with Crippen molar-refractivity contribution in [3.05, 3.63) is 29.5 Å². The molecule has 0 spiro atoms. The van der Waals surface area contributed by atoms with Crippen molar-refractivity contribution < 1.29 is 18.7 Å². The minimum Gasteiger partial charge on any atom is -0.497 e. The highest BCUT2D eigenvalue weighted by Crippen LogP contribution is 2.40. The van der Waals surface area contributed by atoms with Crippen LogP contribution in [0.3, 0.4) is 0 Å². The Morgan fingerprint density at radius 3 is 2.93 bits per heavy atom. The second kappa shape index (κ2) is 8.19. The quantitative estimate of drug-likeness (QED) is 0.551. The first-order valence-electron chi connectivity index (χ1n) is 8.60. The number of thioether (sulfide) groups is 1. The number of thiazole rings is 1. The molecule has 1 aliphatic carbocycles. The van der Waals surface area contributed by atoms with E-state index in [9.17, 15) is 4.79 Å². The molecule has 10 heteroatoms. The summed E-state index contributed by atoms with van der Waals surface area (Å²) in [4.78, 5) is 16.7. The van der Waals surface area contributed by atoms with Crippen LogP contribution in [0, 0.1) is 0 Å². The molecule has 28 heavy (non-hydrogen) atoms. The van der Waals surface area contributed by atoms with E-state index in [0.717, 1.165) is 18.4 Å². The highest BCUT2D eigenvalue weighted by atomic mass is 32.2. The van der Waals surface area contributed by atoms with Crippen molar-refractivity contribution in [3.63, 3.8) is 0 Å². The lowest BCUT2D eigenvalue weighted by Gasteiger charge is -2.08. The van der Waals surface area contributed by atoms with Gasteiger partial charge in [-0.15, -0.1) is 21.5 Å². The number of anilines is 1. The summed E-state index contributed by atoms with van der Waals surface area (Å²) in [6, 6.07) is 5.49. The number of aromatic nitrogens is 3. The van der Waals surface area contributed by atoms with Gasteiger partial charge in [0, 0.05) is 16.9 Å². The van der Waals surface area contributed by atoms with Gasteiger partial charge in [-0.05, 0) is 31.0 Å². The van der Waals surface area contributed by atoms with Crippen molar-refractivity contribution in [1.29, 1.82) is 0 Å². The fourth-order valence-corrected chi connectivity index (χ4v) is 3.82. The van der Waals surface area contributed by atoms with Crippen LogP contribution in [-0.4, -0.2) is 41.1 Å². The normalized spacial score (nSPS) is 13.4. The number of nitrogens with zero attached hydrogens (tertiary/aromatic N) is 3. The minimum atomic E-state index is -0.185. The molecule has 0 saturated heterocycles. The summed E-state index contributed by atoms with van der Waals surface area (Å²) >= 11 is 2.56. The van der Waals surface area contributed by atoms with Gasteiger partial charge in [0.25, 0.3) is 5.22 Å². The lowest BCUT2D eigenvalue weighted by atomic mass is 10.1. The van der Waals surface area contributed by atoms with E-state index in [1.807, 2.05) is 23.6 Å². The second-order valence-corrected chi connectivity index (χ2v) is 7.91. The molecule has 1 saturated carbocycles. The summed E-state index contributed by atoms with van der Waals surface area (Å²) < 4.78 is 16.2. The maximum absolute atomic E-state index is 12.2. The van der Waals surface area contributed by atoms with Crippen LogP contribution < -0.4 is 14.8 Å². The Morgan fingerprint density at radius 1 is 1.32 bits per heavy atom. The summed E-state index contributed by atoms with van der Waals surface area (Å²) in [5, 5.41) is 13.5. The zero-order chi connectivity index (χ0) is 19.5. The van der Waals surface area contributed by atoms with Crippen LogP contribution in [0.4, 0.5) is 5.13 Å². The zero-order valence-electron chi connectivity index (χ0n) is 15.3. The molecule has 146 valence electrons. The van der Waals surface area contributed by atoms with Gasteiger partial charge in [0.1, 0.15) is 11.5 Å². The molecule has 0 unspecified atom stereocenters. The van der Waals surface area contributed by atoms with Crippen molar-refractivity contribution in [3.8, 4) is 22.8 Å². The van der Waals surface area contributed by atoms with Crippen LogP contribution in [0.5, 0.6) is 11.5 Å². The smallest absolute Gasteiger partial charge is 0.277 e. The standard InChI is InChI=1S/C18H18N4O4S2/c1-24-11-5-6-14(25-2)12(7-11)13-8-27-17(19-13)20-15(23)9-28-18-22-21-16(26-18)10-3-4-10/h5-8,10H,3-4,9H2,1-2H3,(H,19,20,23). The topological polar surface area (TPSA) is 99.4 Å². The van der Waals surface area contributed by atoms with Crippen molar-refractivity contribution in [2.45, 2.75) is 24.0 Å². The van der Waals surface area contributed by atoms with Gasteiger partial charge in [0.2, 0.25) is 11.8 Å². The molecule has 1 aliphatic rings. The molecule has 0 aliphatic heterocycles. The first-order chi connectivity index (χ1) is 13.7. The van der Waals surface area contributed by atoms with Gasteiger partial charge in [-0.25, -0.2) is 4.98 Å². The summed E-state index contributed by atoms with van der Waals surface area (Å²) in [5.41, 5.74) is 1.50. The number of methoxy groups -OCH3 is 2. The van der Waals surface area contributed by atoms with Gasteiger partial charge >= 0.3 is 0 Å². The third-order valence-electron chi connectivity index (χ3n) is 4.11. The predicted molar refractivity (Wildman–Crippen MR) is 106 cm³/mol. The monoisotopic (exact) mass is 418 g/mol. The average molecular weight is 419 g/mol. The lowest BCUT2D eigenvalue weighted by Crippen LogP contribution is -2.13. The van der Waals surface area contributed by atoms with Crippen molar-refractivity contribution in [1.82, 2.24) is 15.2 Å². The minimum absolute atomic E-state index is 0.170. The molecular weight excluding hydrogens is 400 g/mol. The molecule has 1 fully saturated rings. The number of ether oxygens (including phenoxy) is 2. The van der Waals surface area contributed by atoms with Crippen LogP contribution in [-0.2, 0) is 4.79 Å². The van der Waals surface area contributed by atoms with Gasteiger partial charge in [0.15, 0.2) is 5.13 Å². The Bertz CT molecular complexity index is 984. The highest BCUT2D eigenvalue weighted by Gasteiger charge is 2.29. The summed E-state index contributed by atoms with van der Waals surface area (Å²) in [6.45, 7) is 0. The van der Waals surface area contributed by atoms with Gasteiger partial charge < -0.3 is 19.2 Å². The molecule has 8 nitrogen and oxygen atoms in total. The number of benzene rings is 1. The van der Waals surface area contributed by atoms with Crippen LogP contribution >= 0.6 is 23.1 Å². The molecule has 2 heterocycles. The number of rotatable bonds is 8. The van der Waals surface area contributed by atoms with Crippen molar-refractivity contribution in [2.24, 2.45) is 0 Å². The first-order valence-corrected chi connectivity index (χ1v) is 10.5. The fourth-order valence-electron chi connectivity index (χ4n) is 2.53. The first kappa shape index (κ1) is 18.8. The van der Waals surface area contributed by atoms with E-state index in [-0.39, 0.29) is 11.7 Å². The number of carbonyl (C=O) groups excluding carboxylic acids is 1. The Hall–Kier alpha value is -2.59. The molecule has 0 atom stereocenters. The summed E-state index contributed by atoms with van der Waals surface area (Å²) in [6.07, 6.45) is 2.19. The van der Waals surface area contributed by atoms with E-state index in [2.05, 4.69) is 20.5 Å². The molecule has 1 amide bonds. The number of carbonyl (C=O) groups is 1. The maximum Gasteiger partial charge on any atom is 0.277 e. The van der Waals surface area contributed by atoms with Crippen LogP contribution in [0.1, 0.15) is 24.7 Å². The highest BCUT2D eigenvalue weighted by molar-refractivity contribution is 7.99. The summed E-state index contributed by atoms with van der Waals surface area (Å²) in [5.74, 6) is 2.44. The fraction of sp³-hybridized carbons (Fsp3) is 0.333. The van der Waals surface area contributed by atoms with Crippen LogP contribution in [0.25, 0.3) is 11.3 Å². The molecule has 0 radical (unpaired) electrons. The summed E-state index contributed by atoms with van der Waals surface area (Å²) in [7, 11) is 3.21. The Morgan fingerprint density at radius 2 is 2.18 bits per heavy atom. The molecule has 2 aromatic heterocycles. The molecule has 0 bridgehead atoms. The Balaban J connectivity index is 1.38. The van der Waals surface area contributed by atoms with Crippen molar-refractivity contribution >= 4 is 34.1 Å². The van der Waals surface area contributed by atoms with Crippen molar-refractivity contribution in [2.75, 3.05) is 25.3 Å². The van der Waals surface area contributed by atoms with Gasteiger partial charge in [-0.1, -0.05) is 11.8 Å². The van der Waals surface area contributed by atoms with E-state index in [4.69, 9.17) is 13.9 Å². The Labute approximate surface area is 169 Å². The number of hydrogen-bond donors (Lipinski definition) is 1. The molecule has 4 rings (SSSR count). The van der Waals surface area contributed by atoms with Gasteiger partial charge in [-0.3, -0.25) is 4.79 Å². The molecule has 1 aromatic carbocycles. The van der Waals surface area contributed by atoms with Gasteiger partial charge in [-0.2, -0.15) is 0 Å². The van der Waals surface area contributed by atoms with E-state index >= 15 is 0 Å². The molecule has 1 N–H and O–H groups in total. The third-order valence-corrected chi connectivity index (χ3v) is 5.68. The van der Waals surface area contributed by atoms with Crippen LogP contribution in [0.15, 0.2) is 33.2 Å². The van der Waals surface area contributed by atoms with Crippen LogP contribution in [0.2, 0.25) is 0 Å². The largest absolute Gasteiger partial charge is 0.497 e. The van der Waals surface area contributed by atoms with Gasteiger partial charge in [0.05, 0.1) is 25.7 Å². The van der Waals surface area contributed by atoms with E-state index in [0.29, 0.717) is 39.4 Å².